The molecule has 0 aliphatic heterocycles. The number of amides is 1. The zero-order chi connectivity index (χ0) is 20.1. The molecule has 8 heteroatoms. The van der Waals surface area contributed by atoms with Gasteiger partial charge in [0.05, 0.1) is 4.90 Å². The van der Waals surface area contributed by atoms with E-state index in [1.54, 1.807) is 42.5 Å². The Hall–Kier alpha value is -3.39. The molecule has 1 heterocycles. The minimum absolute atomic E-state index is 0.0755. The number of anilines is 3. The highest BCUT2D eigenvalue weighted by atomic mass is 32.2. The molecule has 0 fully saturated rings. The van der Waals surface area contributed by atoms with Gasteiger partial charge in [-0.05, 0) is 60.7 Å². The fourth-order valence-electron chi connectivity index (χ4n) is 2.45. The maximum absolute atomic E-state index is 12.4. The van der Waals surface area contributed by atoms with E-state index in [0.717, 1.165) is 5.69 Å². The van der Waals surface area contributed by atoms with Crippen molar-refractivity contribution in [3.63, 3.8) is 0 Å². The second-order valence-corrected chi connectivity index (χ2v) is 7.92. The van der Waals surface area contributed by atoms with Crippen molar-refractivity contribution in [3.05, 3.63) is 78.5 Å². The number of carbonyl (C=O) groups is 1. The van der Waals surface area contributed by atoms with Gasteiger partial charge in [-0.25, -0.2) is 13.4 Å². The van der Waals surface area contributed by atoms with Crippen LogP contribution in [0.1, 0.15) is 10.4 Å². The number of carbonyl (C=O) groups excluding carboxylic acids is 1. The summed E-state index contributed by atoms with van der Waals surface area (Å²) in [6, 6.07) is 18.1. The molecule has 0 saturated carbocycles. The molecule has 0 aliphatic rings. The molecule has 0 bridgehead atoms. The SMILES string of the molecule is CN(C)c1ccc(C(=O)Nc2ccc(S(=O)(=O)Nc3ccccn3)cc2)cc1. The average Bonchev–Trinajstić information content (AvgIpc) is 2.69. The van der Waals surface area contributed by atoms with Crippen LogP contribution in [0.3, 0.4) is 0 Å². The van der Waals surface area contributed by atoms with Crippen molar-refractivity contribution >= 4 is 33.1 Å². The van der Waals surface area contributed by atoms with Crippen LogP contribution in [-0.2, 0) is 10.0 Å². The summed E-state index contributed by atoms with van der Waals surface area (Å²) in [5.74, 6) is -0.0337. The number of nitrogens with zero attached hydrogens (tertiary/aromatic N) is 2. The molecular formula is C20H20N4O3S. The summed E-state index contributed by atoms with van der Waals surface area (Å²) in [5, 5.41) is 2.76. The fourth-order valence-corrected chi connectivity index (χ4v) is 3.46. The number of rotatable bonds is 6. The first kappa shape index (κ1) is 19.4. The smallest absolute Gasteiger partial charge is 0.263 e. The molecule has 2 N–H and O–H groups in total. The summed E-state index contributed by atoms with van der Waals surface area (Å²) >= 11 is 0. The van der Waals surface area contributed by atoms with E-state index in [9.17, 15) is 13.2 Å². The van der Waals surface area contributed by atoms with Crippen molar-refractivity contribution in [2.45, 2.75) is 4.90 Å². The molecule has 144 valence electrons. The summed E-state index contributed by atoms with van der Waals surface area (Å²) in [4.78, 5) is 18.3. The molecule has 3 aromatic rings. The molecule has 28 heavy (non-hydrogen) atoms. The summed E-state index contributed by atoms with van der Waals surface area (Å²) in [6.07, 6.45) is 1.50. The van der Waals surface area contributed by atoms with E-state index < -0.39 is 10.0 Å². The van der Waals surface area contributed by atoms with Gasteiger partial charge in [0.25, 0.3) is 15.9 Å². The molecule has 1 amide bonds. The van der Waals surface area contributed by atoms with Crippen LogP contribution in [0.2, 0.25) is 0 Å². The second kappa shape index (κ2) is 8.10. The molecule has 0 unspecified atom stereocenters. The predicted molar refractivity (Wildman–Crippen MR) is 110 cm³/mol. The van der Waals surface area contributed by atoms with Crippen LogP contribution in [0.4, 0.5) is 17.2 Å². The molecule has 0 atom stereocenters. The van der Waals surface area contributed by atoms with Crippen molar-refractivity contribution in [2.24, 2.45) is 0 Å². The number of sulfonamides is 1. The summed E-state index contributed by atoms with van der Waals surface area (Å²) in [6.45, 7) is 0. The lowest BCUT2D eigenvalue weighted by atomic mass is 10.2. The number of hydrogen-bond donors (Lipinski definition) is 2. The number of pyridine rings is 1. The number of aromatic nitrogens is 1. The normalized spacial score (nSPS) is 10.9. The number of hydrogen-bond acceptors (Lipinski definition) is 5. The van der Waals surface area contributed by atoms with Crippen molar-refractivity contribution in [1.29, 1.82) is 0 Å². The van der Waals surface area contributed by atoms with Crippen LogP contribution in [0.25, 0.3) is 0 Å². The topological polar surface area (TPSA) is 91.4 Å². The van der Waals surface area contributed by atoms with Crippen molar-refractivity contribution in [3.8, 4) is 0 Å². The maximum atomic E-state index is 12.4. The van der Waals surface area contributed by atoms with E-state index in [1.807, 2.05) is 31.1 Å². The molecular weight excluding hydrogens is 376 g/mol. The first-order valence-corrected chi connectivity index (χ1v) is 9.96. The zero-order valence-electron chi connectivity index (χ0n) is 15.5. The molecule has 0 aliphatic carbocycles. The van der Waals surface area contributed by atoms with Crippen LogP contribution >= 0.6 is 0 Å². The molecule has 1 aromatic heterocycles. The summed E-state index contributed by atoms with van der Waals surface area (Å²) < 4.78 is 27.2. The van der Waals surface area contributed by atoms with Gasteiger partial charge in [0.1, 0.15) is 5.82 Å². The lowest BCUT2D eigenvalue weighted by molar-refractivity contribution is 0.102. The minimum Gasteiger partial charge on any atom is -0.378 e. The first-order valence-electron chi connectivity index (χ1n) is 8.48. The van der Waals surface area contributed by atoms with E-state index >= 15 is 0 Å². The highest BCUT2D eigenvalue weighted by Crippen LogP contribution is 2.18. The van der Waals surface area contributed by atoms with Crippen LogP contribution in [0.15, 0.2) is 77.8 Å². The van der Waals surface area contributed by atoms with Crippen molar-refractivity contribution < 1.29 is 13.2 Å². The Balaban J connectivity index is 1.69. The molecule has 0 spiro atoms. The lowest BCUT2D eigenvalue weighted by Gasteiger charge is -2.13. The van der Waals surface area contributed by atoms with Crippen LogP contribution < -0.4 is 14.9 Å². The third-order valence-electron chi connectivity index (χ3n) is 3.97. The third-order valence-corrected chi connectivity index (χ3v) is 5.34. The van der Waals surface area contributed by atoms with E-state index in [0.29, 0.717) is 11.3 Å². The van der Waals surface area contributed by atoms with Gasteiger partial charge in [0.15, 0.2) is 0 Å². The van der Waals surface area contributed by atoms with Gasteiger partial charge in [-0.3, -0.25) is 9.52 Å². The van der Waals surface area contributed by atoms with Gasteiger partial charge in [-0.1, -0.05) is 6.07 Å². The number of benzene rings is 2. The van der Waals surface area contributed by atoms with E-state index in [4.69, 9.17) is 0 Å². The minimum atomic E-state index is -3.75. The first-order chi connectivity index (χ1) is 13.3. The van der Waals surface area contributed by atoms with Gasteiger partial charge >= 0.3 is 0 Å². The Bertz CT molecular complexity index is 1050. The van der Waals surface area contributed by atoms with Gasteiger partial charge in [0.2, 0.25) is 0 Å². The molecule has 0 saturated heterocycles. The van der Waals surface area contributed by atoms with E-state index in [-0.39, 0.29) is 16.6 Å². The maximum Gasteiger partial charge on any atom is 0.263 e. The second-order valence-electron chi connectivity index (χ2n) is 6.24. The third kappa shape index (κ3) is 4.66. The highest BCUT2D eigenvalue weighted by Gasteiger charge is 2.15. The zero-order valence-corrected chi connectivity index (χ0v) is 16.3. The highest BCUT2D eigenvalue weighted by molar-refractivity contribution is 7.92. The Labute approximate surface area is 164 Å². The molecule has 0 radical (unpaired) electrons. The average molecular weight is 396 g/mol. The summed E-state index contributed by atoms with van der Waals surface area (Å²) in [5.41, 5.74) is 2.00. The standard InChI is InChI=1S/C20H20N4O3S/c1-24(2)17-10-6-15(7-11-17)20(25)22-16-8-12-18(13-9-16)28(26,27)23-19-5-3-4-14-21-19/h3-14H,1-2H3,(H,21,23)(H,22,25). The Morgan fingerprint density at radius 2 is 1.61 bits per heavy atom. The van der Waals surface area contributed by atoms with Gasteiger partial charge in [-0.15, -0.1) is 0 Å². The monoisotopic (exact) mass is 396 g/mol. The van der Waals surface area contributed by atoms with Gasteiger partial charge < -0.3 is 10.2 Å². The quantitative estimate of drug-likeness (QED) is 0.668. The fraction of sp³-hybridized carbons (Fsp3) is 0.100. The van der Waals surface area contributed by atoms with Crippen molar-refractivity contribution in [1.82, 2.24) is 4.98 Å². The van der Waals surface area contributed by atoms with Crippen LogP contribution in [-0.4, -0.2) is 33.4 Å². The van der Waals surface area contributed by atoms with Gasteiger partial charge in [0, 0.05) is 37.2 Å². The molecule has 7 nitrogen and oxygen atoms in total. The molecule has 3 rings (SSSR count). The van der Waals surface area contributed by atoms with E-state index in [1.165, 1.54) is 18.3 Å². The Morgan fingerprint density at radius 3 is 2.18 bits per heavy atom. The van der Waals surface area contributed by atoms with Gasteiger partial charge in [-0.2, -0.15) is 0 Å². The van der Waals surface area contributed by atoms with Crippen molar-refractivity contribution in [2.75, 3.05) is 29.0 Å². The lowest BCUT2D eigenvalue weighted by Crippen LogP contribution is -2.15. The van der Waals surface area contributed by atoms with Crippen LogP contribution in [0, 0.1) is 0 Å². The van der Waals surface area contributed by atoms with Crippen LogP contribution in [0.5, 0.6) is 0 Å². The summed E-state index contributed by atoms with van der Waals surface area (Å²) in [7, 11) is 0.0945. The Morgan fingerprint density at radius 1 is 0.929 bits per heavy atom. The Kier molecular flexibility index (Phi) is 5.60. The van der Waals surface area contributed by atoms with E-state index in [2.05, 4.69) is 15.0 Å². The largest absolute Gasteiger partial charge is 0.378 e. The predicted octanol–water partition coefficient (Wildman–Crippen LogP) is 3.20. The number of nitrogens with one attached hydrogen (secondary N) is 2. The molecule has 2 aromatic carbocycles.